The quantitative estimate of drug-likeness (QED) is 0.159. The Hall–Kier alpha value is -6.01. The first-order chi connectivity index (χ1) is 20.4. The molecule has 6 aromatic rings. The minimum atomic E-state index is -0.458. The van der Waals surface area contributed by atoms with Crippen LogP contribution in [0, 0.1) is 11.3 Å². The van der Waals surface area contributed by atoms with Gasteiger partial charge in [0.15, 0.2) is 11.2 Å². The standard InChI is InChI=1S/C33H21N3O6/c1-39-32(37)23-11-13-28-26(16-23)35-30(41-28)21-7-4-19(5-8-21)3-6-20-9-10-22(15-25(20)18-34)31-36-27-17-24(33(38)40-2)12-14-29(27)42-31/h3-17H,1-2H3. The van der Waals surface area contributed by atoms with Crippen LogP contribution in [-0.4, -0.2) is 36.1 Å². The molecule has 9 nitrogen and oxygen atoms in total. The molecule has 0 aliphatic rings. The number of nitriles is 1. The predicted molar refractivity (Wildman–Crippen MR) is 155 cm³/mol. The normalized spacial score (nSPS) is 11.2. The van der Waals surface area contributed by atoms with Gasteiger partial charge in [0.2, 0.25) is 11.8 Å². The van der Waals surface area contributed by atoms with Gasteiger partial charge in [-0.3, -0.25) is 0 Å². The van der Waals surface area contributed by atoms with Gasteiger partial charge in [0.25, 0.3) is 0 Å². The van der Waals surface area contributed by atoms with Crippen molar-refractivity contribution in [2.24, 2.45) is 0 Å². The van der Waals surface area contributed by atoms with Crippen molar-refractivity contribution in [3.05, 3.63) is 107 Å². The first kappa shape index (κ1) is 26.2. The topological polar surface area (TPSA) is 128 Å². The van der Waals surface area contributed by atoms with Gasteiger partial charge < -0.3 is 18.3 Å². The second kappa shape index (κ2) is 10.9. The van der Waals surface area contributed by atoms with Crippen molar-refractivity contribution < 1.29 is 27.9 Å². The Bertz CT molecular complexity index is 2060. The number of carbonyl (C=O) groups is 2. The molecule has 0 aliphatic carbocycles. The molecule has 0 fully saturated rings. The van der Waals surface area contributed by atoms with Gasteiger partial charge in [-0.05, 0) is 71.8 Å². The molecule has 0 atom stereocenters. The highest BCUT2D eigenvalue weighted by Crippen LogP contribution is 2.29. The zero-order valence-electron chi connectivity index (χ0n) is 22.5. The Morgan fingerprint density at radius 2 is 1.26 bits per heavy atom. The first-order valence-electron chi connectivity index (χ1n) is 12.8. The maximum Gasteiger partial charge on any atom is 0.337 e. The number of rotatable bonds is 6. The first-order valence-corrected chi connectivity index (χ1v) is 12.8. The molecule has 204 valence electrons. The molecule has 4 aromatic carbocycles. The number of fused-ring (bicyclic) bond motifs is 2. The number of oxazole rings is 2. The largest absolute Gasteiger partial charge is 0.465 e. The Morgan fingerprint density at radius 1 is 0.714 bits per heavy atom. The average molecular weight is 556 g/mol. The van der Waals surface area contributed by atoms with E-state index in [-0.39, 0.29) is 0 Å². The van der Waals surface area contributed by atoms with Crippen molar-refractivity contribution in [3.8, 4) is 29.0 Å². The van der Waals surface area contributed by atoms with Gasteiger partial charge in [-0.15, -0.1) is 0 Å². The number of hydrogen-bond acceptors (Lipinski definition) is 9. The van der Waals surface area contributed by atoms with E-state index in [0.717, 1.165) is 16.7 Å². The van der Waals surface area contributed by atoms with Crippen LogP contribution in [0.2, 0.25) is 0 Å². The van der Waals surface area contributed by atoms with Gasteiger partial charge >= 0.3 is 11.9 Å². The van der Waals surface area contributed by atoms with Crippen LogP contribution in [-0.2, 0) is 9.47 Å². The second-order valence-electron chi connectivity index (χ2n) is 9.26. The Balaban J connectivity index is 1.21. The van der Waals surface area contributed by atoms with E-state index in [0.29, 0.717) is 56.2 Å². The molecular weight excluding hydrogens is 534 g/mol. The third-order valence-corrected chi connectivity index (χ3v) is 6.65. The van der Waals surface area contributed by atoms with Crippen molar-refractivity contribution in [3.63, 3.8) is 0 Å². The molecule has 2 heterocycles. The van der Waals surface area contributed by atoms with E-state index in [1.807, 2.05) is 48.6 Å². The Morgan fingerprint density at radius 3 is 1.81 bits per heavy atom. The van der Waals surface area contributed by atoms with E-state index in [4.69, 9.17) is 18.3 Å². The maximum atomic E-state index is 11.8. The summed E-state index contributed by atoms with van der Waals surface area (Å²) in [5.74, 6) is -0.116. The Labute approximate surface area is 239 Å². The lowest BCUT2D eigenvalue weighted by atomic mass is 10.0. The SMILES string of the molecule is COC(=O)c1ccc2oc(-c3ccc(C=Cc4ccc(-c5nc6cc(C(=O)OC)ccc6o5)cc4C#N)cc3)nc2c1. The molecule has 42 heavy (non-hydrogen) atoms. The zero-order chi connectivity index (χ0) is 29.2. The lowest BCUT2D eigenvalue weighted by Crippen LogP contribution is -2.00. The molecule has 9 heteroatoms. The van der Waals surface area contributed by atoms with Gasteiger partial charge in [-0.25, -0.2) is 19.6 Å². The van der Waals surface area contributed by atoms with Gasteiger partial charge in [0.1, 0.15) is 11.0 Å². The molecule has 0 N–H and O–H groups in total. The summed E-state index contributed by atoms with van der Waals surface area (Å²) in [5, 5.41) is 9.81. The molecule has 0 unspecified atom stereocenters. The predicted octanol–water partition coefficient (Wildman–Crippen LogP) is 6.92. The molecule has 0 amide bonds. The summed E-state index contributed by atoms with van der Waals surface area (Å²) in [6, 6.07) is 25.1. The minimum Gasteiger partial charge on any atom is -0.465 e. The number of benzene rings is 4. The van der Waals surface area contributed by atoms with Crippen LogP contribution in [0.5, 0.6) is 0 Å². The Kier molecular flexibility index (Phi) is 6.79. The number of methoxy groups -OCH3 is 2. The molecule has 0 saturated heterocycles. The van der Waals surface area contributed by atoms with Crippen molar-refractivity contribution >= 4 is 46.3 Å². The molecule has 0 aliphatic heterocycles. The number of carbonyl (C=O) groups excluding carboxylic acids is 2. The maximum absolute atomic E-state index is 11.8. The van der Waals surface area contributed by atoms with Crippen molar-refractivity contribution in [2.75, 3.05) is 14.2 Å². The van der Waals surface area contributed by atoms with E-state index in [2.05, 4.69) is 16.0 Å². The number of esters is 2. The van der Waals surface area contributed by atoms with Crippen LogP contribution < -0.4 is 0 Å². The summed E-state index contributed by atoms with van der Waals surface area (Å²) in [5.41, 5.74) is 6.46. The van der Waals surface area contributed by atoms with E-state index >= 15 is 0 Å². The highest BCUT2D eigenvalue weighted by Gasteiger charge is 2.14. The molecule has 6 rings (SSSR count). The van der Waals surface area contributed by atoms with Gasteiger partial charge in [0, 0.05) is 11.1 Å². The highest BCUT2D eigenvalue weighted by molar-refractivity contribution is 5.94. The van der Waals surface area contributed by atoms with Crippen LogP contribution in [0.25, 0.3) is 57.3 Å². The number of ether oxygens (including phenoxy) is 2. The third-order valence-electron chi connectivity index (χ3n) is 6.65. The van der Waals surface area contributed by atoms with Crippen molar-refractivity contribution in [1.82, 2.24) is 9.97 Å². The minimum absolute atomic E-state index is 0.343. The summed E-state index contributed by atoms with van der Waals surface area (Å²) in [6.45, 7) is 0. The summed E-state index contributed by atoms with van der Waals surface area (Å²) >= 11 is 0. The summed E-state index contributed by atoms with van der Waals surface area (Å²) in [7, 11) is 2.65. The fourth-order valence-electron chi connectivity index (χ4n) is 4.45. The zero-order valence-corrected chi connectivity index (χ0v) is 22.5. The molecular formula is C33H21N3O6. The smallest absolute Gasteiger partial charge is 0.337 e. The summed E-state index contributed by atoms with van der Waals surface area (Å²) in [6.07, 6.45) is 3.77. The lowest BCUT2D eigenvalue weighted by Gasteiger charge is -2.02. The van der Waals surface area contributed by atoms with Crippen LogP contribution in [0.1, 0.15) is 37.4 Å². The van der Waals surface area contributed by atoms with Crippen LogP contribution in [0.4, 0.5) is 0 Å². The molecule has 2 aromatic heterocycles. The molecule has 0 radical (unpaired) electrons. The molecule has 0 saturated carbocycles. The fourth-order valence-corrected chi connectivity index (χ4v) is 4.45. The summed E-state index contributed by atoms with van der Waals surface area (Å²) in [4.78, 5) is 32.6. The van der Waals surface area contributed by atoms with Crippen molar-refractivity contribution in [1.29, 1.82) is 5.26 Å². The molecule has 0 spiro atoms. The van der Waals surface area contributed by atoms with Gasteiger partial charge in [-0.1, -0.05) is 30.4 Å². The number of aromatic nitrogens is 2. The fraction of sp³-hybridized carbons (Fsp3) is 0.0606. The highest BCUT2D eigenvalue weighted by atomic mass is 16.5. The van der Waals surface area contributed by atoms with Crippen LogP contribution in [0.15, 0.2) is 87.7 Å². The van der Waals surface area contributed by atoms with Gasteiger partial charge in [-0.2, -0.15) is 5.26 Å². The second-order valence-corrected chi connectivity index (χ2v) is 9.26. The summed E-state index contributed by atoms with van der Waals surface area (Å²) < 4.78 is 21.2. The van der Waals surface area contributed by atoms with E-state index in [1.165, 1.54) is 14.2 Å². The van der Waals surface area contributed by atoms with E-state index < -0.39 is 11.9 Å². The van der Waals surface area contributed by atoms with E-state index in [9.17, 15) is 14.9 Å². The van der Waals surface area contributed by atoms with Crippen LogP contribution in [0.3, 0.4) is 0 Å². The third kappa shape index (κ3) is 5.00. The van der Waals surface area contributed by atoms with Gasteiger partial charge in [0.05, 0.1) is 37.0 Å². The lowest BCUT2D eigenvalue weighted by molar-refractivity contribution is 0.0592. The number of hydrogen-bond donors (Lipinski definition) is 0. The monoisotopic (exact) mass is 555 g/mol. The molecule has 0 bridgehead atoms. The van der Waals surface area contributed by atoms with Crippen molar-refractivity contribution in [2.45, 2.75) is 0 Å². The van der Waals surface area contributed by atoms with E-state index in [1.54, 1.807) is 42.5 Å². The average Bonchev–Trinajstić information content (AvgIpc) is 3.67. The van der Waals surface area contributed by atoms with Crippen LogP contribution >= 0.6 is 0 Å². The number of nitrogens with zero attached hydrogens (tertiary/aromatic N) is 3.